The summed E-state index contributed by atoms with van der Waals surface area (Å²) in [5.41, 5.74) is 1.42. The molecular formula is C9H8ClFN4. The van der Waals surface area contributed by atoms with Crippen molar-refractivity contribution in [2.45, 2.75) is 13.8 Å². The van der Waals surface area contributed by atoms with Gasteiger partial charge in [-0.25, -0.2) is 14.6 Å². The van der Waals surface area contributed by atoms with Crippen LogP contribution < -0.4 is 0 Å². The van der Waals surface area contributed by atoms with Gasteiger partial charge in [-0.1, -0.05) is 11.6 Å². The molecule has 0 saturated heterocycles. The molecule has 2 aromatic rings. The van der Waals surface area contributed by atoms with Crippen LogP contribution in [0.1, 0.15) is 11.4 Å². The fraction of sp³-hybridized carbons (Fsp3) is 0.222. The van der Waals surface area contributed by atoms with E-state index in [1.54, 1.807) is 13.8 Å². The lowest BCUT2D eigenvalue weighted by molar-refractivity contribution is 0.575. The number of aromatic nitrogens is 4. The standard InChI is InChI=1S/C9H8ClFN4/c1-5-9(10)6(2)15(14-5)8-3-7(11)12-4-13-8/h3-4H,1-2H3. The van der Waals surface area contributed by atoms with Crippen molar-refractivity contribution in [3.8, 4) is 5.82 Å². The molecule has 0 aliphatic carbocycles. The summed E-state index contributed by atoms with van der Waals surface area (Å²) < 4.78 is 14.4. The first-order chi connectivity index (χ1) is 7.09. The Morgan fingerprint density at radius 2 is 2.07 bits per heavy atom. The highest BCUT2D eigenvalue weighted by molar-refractivity contribution is 6.31. The van der Waals surface area contributed by atoms with E-state index in [1.807, 2.05) is 0 Å². The Balaban J connectivity index is 2.59. The second kappa shape index (κ2) is 3.58. The average molecular weight is 227 g/mol. The largest absolute Gasteiger partial charge is 0.218 e. The molecule has 0 bridgehead atoms. The summed E-state index contributed by atoms with van der Waals surface area (Å²) in [5, 5.41) is 4.71. The van der Waals surface area contributed by atoms with Gasteiger partial charge in [0.1, 0.15) is 6.33 Å². The molecule has 0 unspecified atom stereocenters. The highest BCUT2D eigenvalue weighted by Gasteiger charge is 2.11. The van der Waals surface area contributed by atoms with E-state index >= 15 is 0 Å². The third kappa shape index (κ3) is 1.70. The van der Waals surface area contributed by atoms with Crippen molar-refractivity contribution in [3.05, 3.63) is 34.8 Å². The van der Waals surface area contributed by atoms with E-state index in [0.29, 0.717) is 16.5 Å². The van der Waals surface area contributed by atoms with Gasteiger partial charge in [0.05, 0.1) is 16.4 Å². The Labute approximate surface area is 90.7 Å². The van der Waals surface area contributed by atoms with Gasteiger partial charge in [0.15, 0.2) is 5.82 Å². The van der Waals surface area contributed by atoms with Crippen LogP contribution in [-0.2, 0) is 0 Å². The molecule has 2 aromatic heterocycles. The van der Waals surface area contributed by atoms with Gasteiger partial charge in [-0.05, 0) is 13.8 Å². The molecule has 0 aliphatic heterocycles. The highest BCUT2D eigenvalue weighted by atomic mass is 35.5. The second-order valence-electron chi connectivity index (χ2n) is 3.10. The Kier molecular flexibility index (Phi) is 2.40. The lowest BCUT2D eigenvalue weighted by Gasteiger charge is -2.01. The third-order valence-electron chi connectivity index (χ3n) is 2.04. The van der Waals surface area contributed by atoms with Crippen LogP contribution in [0.5, 0.6) is 0 Å². The van der Waals surface area contributed by atoms with E-state index in [9.17, 15) is 4.39 Å². The molecule has 4 nitrogen and oxygen atoms in total. The first kappa shape index (κ1) is 10.0. The molecule has 2 rings (SSSR count). The Hall–Kier alpha value is -1.49. The van der Waals surface area contributed by atoms with Gasteiger partial charge in [0.2, 0.25) is 5.95 Å². The van der Waals surface area contributed by atoms with Crippen LogP contribution >= 0.6 is 11.6 Å². The molecule has 78 valence electrons. The third-order valence-corrected chi connectivity index (χ3v) is 2.59. The van der Waals surface area contributed by atoms with Crippen LogP contribution in [-0.4, -0.2) is 19.7 Å². The summed E-state index contributed by atoms with van der Waals surface area (Å²) in [7, 11) is 0. The van der Waals surface area contributed by atoms with Crippen molar-refractivity contribution in [2.75, 3.05) is 0 Å². The van der Waals surface area contributed by atoms with Crippen molar-refractivity contribution >= 4 is 11.6 Å². The number of aryl methyl sites for hydroxylation is 1. The molecule has 0 fully saturated rings. The normalized spacial score (nSPS) is 10.7. The van der Waals surface area contributed by atoms with E-state index in [2.05, 4.69) is 15.1 Å². The van der Waals surface area contributed by atoms with E-state index < -0.39 is 5.95 Å². The average Bonchev–Trinajstić information content (AvgIpc) is 2.46. The number of halogens is 2. The van der Waals surface area contributed by atoms with Crippen molar-refractivity contribution in [1.29, 1.82) is 0 Å². The minimum absolute atomic E-state index is 0.370. The molecule has 0 radical (unpaired) electrons. The molecule has 6 heteroatoms. The summed E-state index contributed by atoms with van der Waals surface area (Å²) in [6, 6.07) is 1.20. The topological polar surface area (TPSA) is 43.6 Å². The molecule has 0 aromatic carbocycles. The Morgan fingerprint density at radius 1 is 1.33 bits per heavy atom. The maximum atomic E-state index is 12.9. The fourth-order valence-corrected chi connectivity index (χ4v) is 1.40. The van der Waals surface area contributed by atoms with Crippen LogP contribution in [0.4, 0.5) is 4.39 Å². The van der Waals surface area contributed by atoms with Crippen molar-refractivity contribution in [1.82, 2.24) is 19.7 Å². The van der Waals surface area contributed by atoms with Gasteiger partial charge in [-0.15, -0.1) is 0 Å². The van der Waals surface area contributed by atoms with Crippen molar-refractivity contribution < 1.29 is 4.39 Å². The van der Waals surface area contributed by atoms with Crippen molar-refractivity contribution in [3.63, 3.8) is 0 Å². The maximum Gasteiger partial charge on any atom is 0.218 e. The SMILES string of the molecule is Cc1nn(-c2cc(F)ncn2)c(C)c1Cl. The minimum atomic E-state index is -0.594. The zero-order valence-corrected chi connectivity index (χ0v) is 8.96. The van der Waals surface area contributed by atoms with Gasteiger partial charge in [0.25, 0.3) is 0 Å². The van der Waals surface area contributed by atoms with Crippen LogP contribution in [0, 0.1) is 19.8 Å². The molecule has 0 atom stereocenters. The van der Waals surface area contributed by atoms with E-state index in [1.165, 1.54) is 10.7 Å². The maximum absolute atomic E-state index is 12.9. The van der Waals surface area contributed by atoms with Gasteiger partial charge in [-0.2, -0.15) is 9.49 Å². The molecule has 0 saturated carbocycles. The Bertz CT molecular complexity index is 509. The summed E-state index contributed by atoms with van der Waals surface area (Å²) in [5.74, 6) is -0.223. The molecule has 2 heterocycles. The fourth-order valence-electron chi connectivity index (χ4n) is 1.29. The van der Waals surface area contributed by atoms with Gasteiger partial charge in [-0.3, -0.25) is 0 Å². The molecule has 0 aliphatic rings. The lowest BCUT2D eigenvalue weighted by atomic mass is 10.4. The predicted octanol–water partition coefficient (Wildman–Crippen LogP) is 2.07. The predicted molar refractivity (Wildman–Crippen MR) is 53.6 cm³/mol. The zero-order valence-electron chi connectivity index (χ0n) is 8.20. The monoisotopic (exact) mass is 226 g/mol. The van der Waals surface area contributed by atoms with Gasteiger partial charge < -0.3 is 0 Å². The van der Waals surface area contributed by atoms with Crippen molar-refractivity contribution in [2.24, 2.45) is 0 Å². The van der Waals surface area contributed by atoms with Crippen LogP contribution in [0.2, 0.25) is 5.02 Å². The first-order valence-electron chi connectivity index (χ1n) is 4.29. The summed E-state index contributed by atoms with van der Waals surface area (Å²) >= 11 is 5.97. The zero-order chi connectivity index (χ0) is 11.0. The lowest BCUT2D eigenvalue weighted by Crippen LogP contribution is -2.03. The minimum Gasteiger partial charge on any atom is -0.218 e. The molecule has 0 amide bonds. The van der Waals surface area contributed by atoms with Gasteiger partial charge >= 0.3 is 0 Å². The van der Waals surface area contributed by atoms with E-state index in [0.717, 1.165) is 12.0 Å². The summed E-state index contributed by atoms with van der Waals surface area (Å²) in [6.07, 6.45) is 1.15. The summed E-state index contributed by atoms with van der Waals surface area (Å²) in [6.45, 7) is 3.58. The van der Waals surface area contributed by atoms with Crippen LogP contribution in [0.25, 0.3) is 5.82 Å². The first-order valence-corrected chi connectivity index (χ1v) is 4.67. The molecular weight excluding hydrogens is 219 g/mol. The number of hydrogen-bond acceptors (Lipinski definition) is 3. The number of nitrogens with zero attached hydrogens (tertiary/aromatic N) is 4. The summed E-state index contributed by atoms with van der Waals surface area (Å²) in [4.78, 5) is 7.29. The number of rotatable bonds is 1. The highest BCUT2D eigenvalue weighted by Crippen LogP contribution is 2.21. The smallest absolute Gasteiger partial charge is 0.218 e. The van der Waals surface area contributed by atoms with Crippen LogP contribution in [0.3, 0.4) is 0 Å². The molecule has 0 spiro atoms. The number of hydrogen-bond donors (Lipinski definition) is 0. The molecule has 15 heavy (non-hydrogen) atoms. The second-order valence-corrected chi connectivity index (χ2v) is 3.47. The Morgan fingerprint density at radius 3 is 2.60 bits per heavy atom. The van der Waals surface area contributed by atoms with Crippen LogP contribution in [0.15, 0.2) is 12.4 Å². The van der Waals surface area contributed by atoms with E-state index in [-0.39, 0.29) is 0 Å². The quantitative estimate of drug-likeness (QED) is 0.700. The van der Waals surface area contributed by atoms with E-state index in [4.69, 9.17) is 11.6 Å². The van der Waals surface area contributed by atoms with Gasteiger partial charge in [0, 0.05) is 6.07 Å². The molecule has 0 N–H and O–H groups in total.